The van der Waals surface area contributed by atoms with Crippen molar-refractivity contribution in [3.63, 3.8) is 0 Å². The van der Waals surface area contributed by atoms with E-state index in [1.54, 1.807) is 12.1 Å². The zero-order valence-electron chi connectivity index (χ0n) is 13.8. The lowest BCUT2D eigenvalue weighted by Crippen LogP contribution is -2.22. The SMILES string of the molecule is COc1ccc(/C=N\Nc2cc(C(=O)[O-])ccc2Cl)c(OC)c1OC. The highest BCUT2D eigenvalue weighted by Crippen LogP contribution is 2.39. The number of ether oxygens (including phenoxy) is 3. The maximum atomic E-state index is 10.9. The van der Waals surface area contributed by atoms with Gasteiger partial charge in [-0.25, -0.2) is 0 Å². The second-order valence-corrected chi connectivity index (χ2v) is 5.18. The molecule has 2 aromatic rings. The van der Waals surface area contributed by atoms with E-state index in [-0.39, 0.29) is 5.56 Å². The molecule has 1 N–H and O–H groups in total. The van der Waals surface area contributed by atoms with E-state index in [1.807, 2.05) is 0 Å². The first kappa shape index (κ1) is 18.4. The van der Waals surface area contributed by atoms with E-state index in [0.717, 1.165) is 0 Å². The molecule has 0 heterocycles. The largest absolute Gasteiger partial charge is 0.545 e. The molecule has 0 aliphatic heterocycles. The van der Waals surface area contributed by atoms with Crippen molar-refractivity contribution < 1.29 is 24.1 Å². The average Bonchev–Trinajstić information content (AvgIpc) is 2.62. The minimum absolute atomic E-state index is 0.00852. The number of benzene rings is 2. The summed E-state index contributed by atoms with van der Waals surface area (Å²) >= 11 is 6.02. The molecule has 0 unspecified atom stereocenters. The number of hydrazone groups is 1. The van der Waals surface area contributed by atoms with Gasteiger partial charge >= 0.3 is 0 Å². The van der Waals surface area contributed by atoms with Crippen LogP contribution < -0.4 is 24.7 Å². The van der Waals surface area contributed by atoms with E-state index in [1.165, 1.54) is 45.7 Å². The van der Waals surface area contributed by atoms with Gasteiger partial charge in [-0.2, -0.15) is 5.10 Å². The third kappa shape index (κ3) is 4.13. The smallest absolute Gasteiger partial charge is 0.203 e. The third-order valence-corrected chi connectivity index (χ3v) is 3.65. The van der Waals surface area contributed by atoms with Crippen LogP contribution in [0.25, 0.3) is 0 Å². The van der Waals surface area contributed by atoms with E-state index >= 15 is 0 Å². The number of nitrogens with zero attached hydrogens (tertiary/aromatic N) is 1. The van der Waals surface area contributed by atoms with Gasteiger partial charge in [0.1, 0.15) is 0 Å². The molecule has 0 saturated carbocycles. The zero-order valence-corrected chi connectivity index (χ0v) is 14.6. The number of nitrogens with one attached hydrogen (secondary N) is 1. The number of hydrogen-bond acceptors (Lipinski definition) is 7. The maximum Gasteiger partial charge on any atom is 0.203 e. The van der Waals surface area contributed by atoms with Crippen molar-refractivity contribution in [1.82, 2.24) is 0 Å². The van der Waals surface area contributed by atoms with Crippen molar-refractivity contribution in [2.24, 2.45) is 5.10 Å². The minimum atomic E-state index is -1.30. The molecule has 0 aromatic heterocycles. The maximum absolute atomic E-state index is 10.9. The lowest BCUT2D eigenvalue weighted by atomic mass is 10.2. The van der Waals surface area contributed by atoms with E-state index in [2.05, 4.69) is 10.5 Å². The fourth-order valence-corrected chi connectivity index (χ4v) is 2.30. The standard InChI is InChI=1S/C17H17ClN2O5/c1-23-14-7-5-11(15(24-2)16(14)25-3)9-19-20-13-8-10(17(21)22)4-6-12(13)18/h4-9,20H,1-3H3,(H,21,22)/p-1/b19-9-. The molecule has 0 saturated heterocycles. The number of hydrogen-bond donors (Lipinski definition) is 1. The minimum Gasteiger partial charge on any atom is -0.545 e. The van der Waals surface area contributed by atoms with Gasteiger partial charge in [-0.15, -0.1) is 0 Å². The number of anilines is 1. The first-order valence-corrected chi connectivity index (χ1v) is 7.48. The van der Waals surface area contributed by atoms with E-state index in [9.17, 15) is 9.90 Å². The van der Waals surface area contributed by atoms with Crippen LogP contribution in [0.1, 0.15) is 15.9 Å². The van der Waals surface area contributed by atoms with Crippen molar-refractivity contribution >= 4 is 29.5 Å². The molecule has 8 heteroatoms. The molecule has 0 fully saturated rings. The molecule has 132 valence electrons. The summed E-state index contributed by atoms with van der Waals surface area (Å²) < 4.78 is 15.9. The Kier molecular flexibility index (Phi) is 6.08. The average molecular weight is 364 g/mol. The van der Waals surface area contributed by atoms with Gasteiger partial charge in [0.15, 0.2) is 11.5 Å². The molecular weight excluding hydrogens is 348 g/mol. The highest BCUT2D eigenvalue weighted by Gasteiger charge is 2.14. The number of carboxylic acids is 1. The van der Waals surface area contributed by atoms with Crippen LogP contribution in [0, 0.1) is 0 Å². The lowest BCUT2D eigenvalue weighted by molar-refractivity contribution is -0.255. The fraction of sp³-hybridized carbons (Fsp3) is 0.176. The first-order chi connectivity index (χ1) is 12.0. The van der Waals surface area contributed by atoms with E-state index in [4.69, 9.17) is 25.8 Å². The molecule has 2 rings (SSSR count). The Hall–Kier alpha value is -2.93. The Morgan fingerprint density at radius 3 is 2.44 bits per heavy atom. The van der Waals surface area contributed by atoms with Crippen LogP contribution in [0.4, 0.5) is 5.69 Å². The summed E-state index contributed by atoms with van der Waals surface area (Å²) in [6.07, 6.45) is 1.49. The normalized spacial score (nSPS) is 10.6. The van der Waals surface area contributed by atoms with Crippen LogP contribution in [0.2, 0.25) is 5.02 Å². The fourth-order valence-electron chi connectivity index (χ4n) is 2.14. The van der Waals surface area contributed by atoms with Crippen molar-refractivity contribution in [3.05, 3.63) is 46.5 Å². The molecule has 0 bridgehead atoms. The number of halogens is 1. The topological polar surface area (TPSA) is 92.2 Å². The Morgan fingerprint density at radius 2 is 1.84 bits per heavy atom. The monoisotopic (exact) mass is 363 g/mol. The van der Waals surface area contributed by atoms with Gasteiger partial charge in [0.25, 0.3) is 0 Å². The molecule has 0 amide bonds. The highest BCUT2D eigenvalue weighted by atomic mass is 35.5. The van der Waals surface area contributed by atoms with Crippen LogP contribution >= 0.6 is 11.6 Å². The van der Waals surface area contributed by atoms with Gasteiger partial charge in [-0.1, -0.05) is 17.7 Å². The van der Waals surface area contributed by atoms with E-state index in [0.29, 0.717) is 33.5 Å². The van der Waals surface area contributed by atoms with Gasteiger partial charge in [0, 0.05) is 5.56 Å². The highest BCUT2D eigenvalue weighted by molar-refractivity contribution is 6.33. The van der Waals surface area contributed by atoms with Gasteiger partial charge in [-0.3, -0.25) is 5.43 Å². The van der Waals surface area contributed by atoms with Crippen molar-refractivity contribution in [2.45, 2.75) is 0 Å². The molecule has 25 heavy (non-hydrogen) atoms. The van der Waals surface area contributed by atoms with Crippen molar-refractivity contribution in [3.8, 4) is 17.2 Å². The summed E-state index contributed by atoms with van der Waals surface area (Å²) in [7, 11) is 4.53. The molecular formula is C17H16ClN2O5-. The summed E-state index contributed by atoms with van der Waals surface area (Å²) in [4.78, 5) is 10.9. The van der Waals surface area contributed by atoms with E-state index < -0.39 is 5.97 Å². The Morgan fingerprint density at radius 1 is 1.12 bits per heavy atom. The van der Waals surface area contributed by atoms with Gasteiger partial charge in [0.05, 0.1) is 44.2 Å². The number of methoxy groups -OCH3 is 3. The molecule has 0 aliphatic carbocycles. The molecule has 2 aromatic carbocycles. The Balaban J connectivity index is 2.29. The van der Waals surface area contributed by atoms with Crippen LogP contribution in [0.15, 0.2) is 35.4 Å². The molecule has 0 spiro atoms. The van der Waals surface area contributed by atoms with Crippen molar-refractivity contribution in [1.29, 1.82) is 0 Å². The summed E-state index contributed by atoms with van der Waals surface area (Å²) in [5.41, 5.74) is 3.64. The molecule has 7 nitrogen and oxygen atoms in total. The molecule has 0 radical (unpaired) electrons. The number of carbonyl (C=O) groups is 1. The predicted octanol–water partition coefficient (Wildman–Crippen LogP) is 2.18. The Labute approximate surface area is 149 Å². The Bertz CT molecular complexity index is 808. The van der Waals surface area contributed by atoms with Gasteiger partial charge in [-0.05, 0) is 29.8 Å². The molecule has 0 atom stereocenters. The number of carboxylic acid groups (broad SMARTS) is 1. The number of carbonyl (C=O) groups excluding carboxylic acids is 1. The van der Waals surface area contributed by atoms with Gasteiger partial charge < -0.3 is 24.1 Å². The predicted molar refractivity (Wildman–Crippen MR) is 93.1 cm³/mol. The molecule has 0 aliphatic rings. The second kappa shape index (κ2) is 8.25. The van der Waals surface area contributed by atoms with Gasteiger partial charge in [0.2, 0.25) is 5.75 Å². The quantitative estimate of drug-likeness (QED) is 0.598. The second-order valence-electron chi connectivity index (χ2n) is 4.78. The first-order valence-electron chi connectivity index (χ1n) is 7.10. The number of aromatic carboxylic acids is 1. The van der Waals surface area contributed by atoms with Crippen LogP contribution in [-0.2, 0) is 0 Å². The zero-order chi connectivity index (χ0) is 18.4. The lowest BCUT2D eigenvalue weighted by Gasteiger charge is -2.13. The van der Waals surface area contributed by atoms with Crippen LogP contribution in [0.5, 0.6) is 17.2 Å². The van der Waals surface area contributed by atoms with Crippen molar-refractivity contribution in [2.75, 3.05) is 26.8 Å². The summed E-state index contributed by atoms with van der Waals surface area (Å²) in [5.74, 6) is 0.104. The number of rotatable bonds is 7. The summed E-state index contributed by atoms with van der Waals surface area (Å²) in [6, 6.07) is 7.59. The summed E-state index contributed by atoms with van der Waals surface area (Å²) in [5, 5.41) is 15.3. The van der Waals surface area contributed by atoms with Crippen LogP contribution in [0.3, 0.4) is 0 Å². The van der Waals surface area contributed by atoms with Crippen LogP contribution in [-0.4, -0.2) is 33.5 Å². The summed E-state index contributed by atoms with van der Waals surface area (Å²) in [6.45, 7) is 0. The third-order valence-electron chi connectivity index (χ3n) is 3.33.